The number of rotatable bonds is 3. The summed E-state index contributed by atoms with van der Waals surface area (Å²) in [5.41, 5.74) is 0. The highest BCUT2D eigenvalue weighted by Gasteiger charge is 2.39. The zero-order valence-electron chi connectivity index (χ0n) is 12.8. The summed E-state index contributed by atoms with van der Waals surface area (Å²) in [6.07, 6.45) is 11.3. The lowest BCUT2D eigenvalue weighted by Gasteiger charge is -2.38. The van der Waals surface area contributed by atoms with Crippen LogP contribution in [-0.4, -0.2) is 8.32 Å². The average Bonchev–Trinajstić information content (AvgIpc) is 2.26. The van der Waals surface area contributed by atoms with E-state index in [-0.39, 0.29) is 5.04 Å². The minimum atomic E-state index is -1.69. The van der Waals surface area contributed by atoms with E-state index in [1.165, 1.54) is 18.6 Å². The molecule has 0 fully saturated rings. The Labute approximate surface area is 114 Å². The van der Waals surface area contributed by atoms with Crippen molar-refractivity contribution in [1.82, 2.24) is 0 Å². The Kier molecular flexibility index (Phi) is 4.72. The largest absolute Gasteiger partial charge is 0.547 e. The standard InChI is InChI=1S/C16H28OSi/c1-8-13(2)14-10-9-11-15(12-14)17-18(6,7)16(3,4)5/h1,12-14H,9-11H2,2-7H3. The first-order chi connectivity index (χ1) is 8.17. The first-order valence-corrected chi connectivity index (χ1v) is 9.94. The maximum Gasteiger partial charge on any atom is 0.250 e. The average molecular weight is 264 g/mol. The van der Waals surface area contributed by atoms with Crippen molar-refractivity contribution in [2.24, 2.45) is 11.8 Å². The topological polar surface area (TPSA) is 9.23 Å². The van der Waals surface area contributed by atoms with Gasteiger partial charge in [-0.15, -0.1) is 12.3 Å². The van der Waals surface area contributed by atoms with Crippen molar-refractivity contribution in [1.29, 1.82) is 0 Å². The van der Waals surface area contributed by atoms with Gasteiger partial charge >= 0.3 is 0 Å². The Balaban J connectivity index is 2.79. The predicted molar refractivity (Wildman–Crippen MR) is 81.7 cm³/mol. The molecule has 0 N–H and O–H groups in total. The molecule has 2 unspecified atom stereocenters. The van der Waals surface area contributed by atoms with Crippen LogP contribution in [0, 0.1) is 24.2 Å². The van der Waals surface area contributed by atoms with Gasteiger partial charge in [0.15, 0.2) is 0 Å². The van der Waals surface area contributed by atoms with Gasteiger partial charge < -0.3 is 4.43 Å². The van der Waals surface area contributed by atoms with Crippen molar-refractivity contribution in [2.75, 3.05) is 0 Å². The van der Waals surface area contributed by atoms with Gasteiger partial charge in [-0.2, -0.15) is 0 Å². The number of hydrogen-bond donors (Lipinski definition) is 0. The predicted octanol–water partition coefficient (Wildman–Crippen LogP) is 4.96. The van der Waals surface area contributed by atoms with E-state index in [0.29, 0.717) is 11.8 Å². The monoisotopic (exact) mass is 264 g/mol. The summed E-state index contributed by atoms with van der Waals surface area (Å²) in [7, 11) is -1.69. The summed E-state index contributed by atoms with van der Waals surface area (Å²) in [4.78, 5) is 0. The molecule has 0 aliphatic heterocycles. The van der Waals surface area contributed by atoms with Crippen molar-refractivity contribution < 1.29 is 4.43 Å². The lowest BCUT2D eigenvalue weighted by molar-refractivity contribution is 0.323. The molecule has 0 radical (unpaired) electrons. The second-order valence-electron chi connectivity index (χ2n) is 7.01. The maximum atomic E-state index is 6.40. The van der Waals surface area contributed by atoms with Gasteiger partial charge in [-0.25, -0.2) is 0 Å². The van der Waals surface area contributed by atoms with Crippen molar-refractivity contribution in [3.05, 3.63) is 11.8 Å². The fourth-order valence-corrected chi connectivity index (χ4v) is 3.13. The van der Waals surface area contributed by atoms with Crippen LogP contribution >= 0.6 is 0 Å². The SMILES string of the molecule is C#CC(C)C1C=C(O[Si](C)(C)C(C)(C)C)CCC1. The molecule has 0 heterocycles. The molecule has 1 nitrogen and oxygen atoms in total. The summed E-state index contributed by atoms with van der Waals surface area (Å²) in [5.74, 6) is 4.88. The van der Waals surface area contributed by atoms with E-state index >= 15 is 0 Å². The highest BCUT2D eigenvalue weighted by molar-refractivity contribution is 6.74. The molecule has 0 aromatic rings. The number of allylic oxidation sites excluding steroid dienone is 2. The Morgan fingerprint density at radius 1 is 1.44 bits per heavy atom. The fourth-order valence-electron chi connectivity index (χ4n) is 2.00. The van der Waals surface area contributed by atoms with Crippen molar-refractivity contribution >= 4 is 8.32 Å². The third-order valence-corrected chi connectivity index (χ3v) is 8.84. The molecule has 102 valence electrons. The Morgan fingerprint density at radius 3 is 2.56 bits per heavy atom. The molecule has 0 amide bonds. The third kappa shape index (κ3) is 3.65. The van der Waals surface area contributed by atoms with Gasteiger partial charge in [-0.3, -0.25) is 0 Å². The maximum absolute atomic E-state index is 6.40. The van der Waals surface area contributed by atoms with Crippen LogP contribution in [0.1, 0.15) is 47.0 Å². The number of hydrogen-bond acceptors (Lipinski definition) is 1. The van der Waals surface area contributed by atoms with Crippen molar-refractivity contribution in [3.63, 3.8) is 0 Å². The van der Waals surface area contributed by atoms with Crippen LogP contribution in [0.2, 0.25) is 18.1 Å². The number of terminal acetylenes is 1. The molecular weight excluding hydrogens is 236 g/mol. The van der Waals surface area contributed by atoms with Crippen molar-refractivity contribution in [3.8, 4) is 12.3 Å². The van der Waals surface area contributed by atoms with Crippen LogP contribution in [0.3, 0.4) is 0 Å². The van der Waals surface area contributed by atoms with Gasteiger partial charge in [0.25, 0.3) is 0 Å². The van der Waals surface area contributed by atoms with Gasteiger partial charge in [0.2, 0.25) is 8.32 Å². The van der Waals surface area contributed by atoms with Crippen LogP contribution in [0.4, 0.5) is 0 Å². The van der Waals surface area contributed by atoms with Crippen molar-refractivity contribution in [2.45, 2.75) is 65.1 Å². The van der Waals surface area contributed by atoms with E-state index in [2.05, 4.69) is 52.8 Å². The van der Waals surface area contributed by atoms with Crippen LogP contribution in [0.15, 0.2) is 11.8 Å². The molecule has 0 bridgehead atoms. The zero-order valence-corrected chi connectivity index (χ0v) is 13.8. The van der Waals surface area contributed by atoms with Gasteiger partial charge in [0, 0.05) is 12.3 Å². The first kappa shape index (κ1) is 15.4. The second-order valence-corrected chi connectivity index (χ2v) is 11.7. The highest BCUT2D eigenvalue weighted by atomic mass is 28.4. The van der Waals surface area contributed by atoms with E-state index in [9.17, 15) is 0 Å². The summed E-state index contributed by atoms with van der Waals surface area (Å²) < 4.78 is 6.40. The summed E-state index contributed by atoms with van der Waals surface area (Å²) >= 11 is 0. The molecule has 1 aliphatic rings. The van der Waals surface area contributed by atoms with E-state index in [0.717, 1.165) is 6.42 Å². The molecule has 0 saturated carbocycles. The molecule has 2 atom stereocenters. The molecule has 1 aliphatic carbocycles. The normalized spacial score (nSPS) is 22.9. The molecule has 2 heteroatoms. The summed E-state index contributed by atoms with van der Waals surface area (Å²) in [6, 6.07) is 0. The molecule has 1 rings (SSSR count). The molecule has 0 aromatic heterocycles. The molecule has 0 aromatic carbocycles. The Bertz CT molecular complexity index is 354. The van der Waals surface area contributed by atoms with E-state index in [4.69, 9.17) is 10.8 Å². The van der Waals surface area contributed by atoms with Crippen LogP contribution < -0.4 is 0 Å². The second kappa shape index (κ2) is 5.53. The van der Waals surface area contributed by atoms with Crippen LogP contribution in [-0.2, 0) is 4.43 Å². The quantitative estimate of drug-likeness (QED) is 0.517. The van der Waals surface area contributed by atoms with E-state index in [1.54, 1.807) is 0 Å². The van der Waals surface area contributed by atoms with Gasteiger partial charge in [-0.1, -0.05) is 27.7 Å². The highest BCUT2D eigenvalue weighted by Crippen LogP contribution is 2.40. The summed E-state index contributed by atoms with van der Waals surface area (Å²) in [5, 5.41) is 0.262. The van der Waals surface area contributed by atoms with Gasteiger partial charge in [0.1, 0.15) is 0 Å². The van der Waals surface area contributed by atoms with Crippen LogP contribution in [0.25, 0.3) is 0 Å². The summed E-state index contributed by atoms with van der Waals surface area (Å²) in [6.45, 7) is 13.6. The van der Waals surface area contributed by atoms with Gasteiger partial charge in [0.05, 0.1) is 5.76 Å². The molecule has 0 spiro atoms. The third-order valence-electron chi connectivity index (χ3n) is 4.46. The van der Waals surface area contributed by atoms with E-state index < -0.39 is 8.32 Å². The molecule has 0 saturated heterocycles. The minimum absolute atomic E-state index is 0.262. The first-order valence-electron chi connectivity index (χ1n) is 7.03. The minimum Gasteiger partial charge on any atom is -0.547 e. The Hall–Kier alpha value is -0.683. The molecule has 18 heavy (non-hydrogen) atoms. The van der Waals surface area contributed by atoms with Crippen LogP contribution in [0.5, 0.6) is 0 Å². The lowest BCUT2D eigenvalue weighted by Crippen LogP contribution is -2.40. The smallest absolute Gasteiger partial charge is 0.250 e. The fraction of sp³-hybridized carbons (Fsp3) is 0.750. The van der Waals surface area contributed by atoms with E-state index in [1.807, 2.05) is 0 Å². The zero-order chi connectivity index (χ0) is 14.0. The van der Waals surface area contributed by atoms with Gasteiger partial charge in [-0.05, 0) is 43.0 Å². The lowest BCUT2D eigenvalue weighted by atomic mass is 9.85. The Morgan fingerprint density at radius 2 is 2.06 bits per heavy atom. The molecular formula is C16H28OSi.